The maximum Gasteiger partial charge on any atom is 0.346 e. The molecule has 1 aromatic carbocycles. The molecule has 5 heterocycles. The summed E-state index contributed by atoms with van der Waals surface area (Å²) in [6.45, 7) is 12.6. The number of thiophene rings is 1. The Morgan fingerprint density at radius 2 is 2.09 bits per heavy atom. The Balaban J connectivity index is 1.16. The molecule has 1 aliphatic heterocycles. The Bertz CT molecular complexity index is 1880. The normalized spacial score (nSPS) is 13.7. The molecule has 0 amide bonds. The minimum Gasteiger partial charge on any atom is -0.477 e. The number of aromatic nitrogens is 5. The SMILES string of the molecule is [C-]#[N+]c1ccc(COc2cccc(C3=CCN(Cc4nc5sc(C(=O)O)cc5n4Cc4cncn4CC)CC3)n2)c(F)c1. The average molecular weight is 598 g/mol. The number of rotatable bonds is 10. The van der Waals surface area contributed by atoms with Crippen molar-refractivity contribution in [3.8, 4) is 5.88 Å². The fourth-order valence-corrected chi connectivity index (χ4v) is 6.02. The maximum atomic E-state index is 14.3. The van der Waals surface area contributed by atoms with E-state index in [0.717, 1.165) is 47.8 Å². The number of fused-ring (bicyclic) bond motifs is 1. The van der Waals surface area contributed by atoms with Crippen molar-refractivity contribution in [3.63, 3.8) is 0 Å². The number of carboxylic acids is 1. The van der Waals surface area contributed by atoms with Crippen LogP contribution in [0.4, 0.5) is 10.1 Å². The van der Waals surface area contributed by atoms with Crippen molar-refractivity contribution in [2.24, 2.45) is 0 Å². The summed E-state index contributed by atoms with van der Waals surface area (Å²) < 4.78 is 24.2. The number of imidazole rings is 2. The van der Waals surface area contributed by atoms with Gasteiger partial charge >= 0.3 is 5.97 Å². The standard InChI is InChI=1S/C31H28FN7O3S/c1-3-38-19-34-15-23(38)16-39-26-14-27(31(40)41)43-30(26)36-28(39)17-37-11-9-20(10-12-37)25-5-4-6-29(35-25)42-18-21-7-8-22(33-2)13-24(21)32/h4-9,13-15,19H,3,10-12,16-18H2,1H3,(H,40,41). The highest BCUT2D eigenvalue weighted by Gasteiger charge is 2.22. The van der Waals surface area contributed by atoms with E-state index in [1.54, 1.807) is 30.6 Å². The maximum absolute atomic E-state index is 14.3. The molecule has 0 atom stereocenters. The number of pyridine rings is 1. The summed E-state index contributed by atoms with van der Waals surface area (Å²) in [6.07, 6.45) is 6.58. The van der Waals surface area contributed by atoms with Crippen LogP contribution in [0.3, 0.4) is 0 Å². The average Bonchev–Trinajstić information content (AvgIpc) is 3.73. The van der Waals surface area contributed by atoms with Crippen molar-refractivity contribution in [1.82, 2.24) is 29.0 Å². The Labute approximate surface area is 251 Å². The molecule has 0 radical (unpaired) electrons. The first-order valence-corrected chi connectivity index (χ1v) is 14.6. The van der Waals surface area contributed by atoms with Gasteiger partial charge in [-0.25, -0.2) is 29.0 Å². The second-order valence-electron chi connectivity index (χ2n) is 10.1. The van der Waals surface area contributed by atoms with Crippen LogP contribution in [0.25, 0.3) is 20.8 Å². The third kappa shape index (κ3) is 6.04. The molecule has 0 saturated heterocycles. The van der Waals surface area contributed by atoms with Crippen LogP contribution in [0.15, 0.2) is 61.1 Å². The van der Waals surface area contributed by atoms with Crippen LogP contribution in [0, 0.1) is 12.4 Å². The zero-order valence-electron chi connectivity index (χ0n) is 23.4. The predicted molar refractivity (Wildman–Crippen MR) is 161 cm³/mol. The largest absolute Gasteiger partial charge is 0.477 e. The van der Waals surface area contributed by atoms with Gasteiger partial charge in [0.15, 0.2) is 5.69 Å². The van der Waals surface area contributed by atoms with Gasteiger partial charge in [-0.15, -0.1) is 11.3 Å². The minimum atomic E-state index is -0.950. The minimum absolute atomic E-state index is 0.0183. The molecule has 12 heteroatoms. The monoisotopic (exact) mass is 597 g/mol. The van der Waals surface area contributed by atoms with Gasteiger partial charge in [-0.1, -0.05) is 24.3 Å². The highest BCUT2D eigenvalue weighted by molar-refractivity contribution is 7.20. The lowest BCUT2D eigenvalue weighted by Gasteiger charge is -2.26. The summed E-state index contributed by atoms with van der Waals surface area (Å²) in [4.78, 5) is 31.9. The zero-order valence-corrected chi connectivity index (χ0v) is 24.2. The highest BCUT2D eigenvalue weighted by Crippen LogP contribution is 2.29. The van der Waals surface area contributed by atoms with E-state index in [9.17, 15) is 14.3 Å². The molecule has 10 nitrogen and oxygen atoms in total. The molecule has 5 aromatic rings. The van der Waals surface area contributed by atoms with Crippen LogP contribution >= 0.6 is 11.3 Å². The molecule has 0 unspecified atom stereocenters. The van der Waals surface area contributed by atoms with Gasteiger partial charge in [-0.05, 0) is 37.1 Å². The van der Waals surface area contributed by atoms with E-state index in [1.807, 2.05) is 18.3 Å². The smallest absolute Gasteiger partial charge is 0.346 e. The first-order valence-electron chi connectivity index (χ1n) is 13.8. The fourth-order valence-electron chi connectivity index (χ4n) is 5.13. The first kappa shape index (κ1) is 28.3. The van der Waals surface area contributed by atoms with Gasteiger partial charge < -0.3 is 19.0 Å². The van der Waals surface area contributed by atoms with Gasteiger partial charge in [-0.3, -0.25) is 4.90 Å². The molecular formula is C31H28FN7O3S. The quantitative estimate of drug-likeness (QED) is 0.197. The third-order valence-electron chi connectivity index (χ3n) is 7.45. The summed E-state index contributed by atoms with van der Waals surface area (Å²) in [5.41, 5.74) is 4.39. The number of halogens is 1. The van der Waals surface area contributed by atoms with Crippen LogP contribution < -0.4 is 4.74 Å². The highest BCUT2D eigenvalue weighted by atomic mass is 32.1. The number of hydrogen-bond acceptors (Lipinski definition) is 7. The van der Waals surface area contributed by atoms with Crippen LogP contribution in [-0.4, -0.2) is 53.2 Å². The summed E-state index contributed by atoms with van der Waals surface area (Å²) in [7, 11) is 0. The van der Waals surface area contributed by atoms with Crippen molar-refractivity contribution < 1.29 is 19.0 Å². The predicted octanol–water partition coefficient (Wildman–Crippen LogP) is 6.01. The van der Waals surface area contributed by atoms with Gasteiger partial charge in [0.2, 0.25) is 5.88 Å². The second-order valence-corrected chi connectivity index (χ2v) is 11.2. The Morgan fingerprint density at radius 1 is 1.21 bits per heavy atom. The number of carboxylic acid groups (broad SMARTS) is 1. The van der Waals surface area contributed by atoms with E-state index >= 15 is 0 Å². The lowest BCUT2D eigenvalue weighted by Crippen LogP contribution is -2.29. The lowest BCUT2D eigenvalue weighted by molar-refractivity contribution is 0.0702. The molecule has 0 saturated carbocycles. The molecule has 0 fully saturated rings. The molecule has 4 aromatic heterocycles. The van der Waals surface area contributed by atoms with Crippen molar-refractivity contribution in [3.05, 3.63) is 106 Å². The van der Waals surface area contributed by atoms with Gasteiger partial charge in [-0.2, -0.15) is 0 Å². The van der Waals surface area contributed by atoms with E-state index < -0.39 is 11.8 Å². The molecule has 43 heavy (non-hydrogen) atoms. The second kappa shape index (κ2) is 12.2. The molecule has 0 spiro atoms. The van der Waals surface area contributed by atoms with Gasteiger partial charge in [0.25, 0.3) is 0 Å². The summed E-state index contributed by atoms with van der Waals surface area (Å²) in [6, 6.07) is 11.6. The molecule has 6 rings (SSSR count). The van der Waals surface area contributed by atoms with Crippen molar-refractivity contribution in [2.45, 2.75) is 39.6 Å². The number of aromatic carboxylic acids is 1. The lowest BCUT2D eigenvalue weighted by atomic mass is 10.0. The van der Waals surface area contributed by atoms with E-state index in [4.69, 9.17) is 16.3 Å². The first-order chi connectivity index (χ1) is 20.9. The fraction of sp³-hybridized carbons (Fsp3) is 0.258. The number of nitrogens with zero attached hydrogens (tertiary/aromatic N) is 7. The van der Waals surface area contributed by atoms with Crippen LogP contribution in [-0.2, 0) is 26.2 Å². The Hall–Kier alpha value is -4.86. The molecular weight excluding hydrogens is 569 g/mol. The van der Waals surface area contributed by atoms with Crippen molar-refractivity contribution in [2.75, 3.05) is 13.1 Å². The van der Waals surface area contributed by atoms with Crippen LogP contribution in [0.5, 0.6) is 5.88 Å². The molecule has 1 aliphatic rings. The summed E-state index contributed by atoms with van der Waals surface area (Å²) in [5, 5.41) is 9.52. The number of benzene rings is 1. The van der Waals surface area contributed by atoms with E-state index in [2.05, 4.69) is 41.8 Å². The van der Waals surface area contributed by atoms with E-state index in [0.29, 0.717) is 35.9 Å². The topological polar surface area (TPSA) is 103 Å². The zero-order chi connectivity index (χ0) is 29.9. The molecule has 0 bridgehead atoms. The van der Waals surface area contributed by atoms with Gasteiger partial charge in [0, 0.05) is 37.5 Å². The van der Waals surface area contributed by atoms with Crippen LogP contribution in [0.2, 0.25) is 0 Å². The van der Waals surface area contributed by atoms with Crippen molar-refractivity contribution >= 4 is 38.9 Å². The molecule has 1 N–H and O–H groups in total. The number of ether oxygens (including phenoxy) is 1. The number of hydrogen-bond donors (Lipinski definition) is 1. The third-order valence-corrected chi connectivity index (χ3v) is 8.45. The van der Waals surface area contributed by atoms with Gasteiger partial charge in [0.05, 0.1) is 42.9 Å². The Morgan fingerprint density at radius 3 is 2.84 bits per heavy atom. The summed E-state index contributed by atoms with van der Waals surface area (Å²) >= 11 is 1.19. The number of carbonyl (C=O) groups is 1. The molecule has 0 aliphatic carbocycles. The van der Waals surface area contributed by atoms with Crippen LogP contribution in [0.1, 0.15) is 45.8 Å². The molecule has 218 valence electrons. The Kier molecular flexibility index (Phi) is 8.00. The van der Waals surface area contributed by atoms with Crippen molar-refractivity contribution in [1.29, 1.82) is 0 Å². The van der Waals surface area contributed by atoms with Gasteiger partial charge in [0.1, 0.15) is 28.0 Å². The number of aryl methyl sites for hydroxylation is 1. The van der Waals surface area contributed by atoms with E-state index in [1.165, 1.54) is 17.4 Å². The summed E-state index contributed by atoms with van der Waals surface area (Å²) in [5.74, 6) is -0.139. The van der Waals surface area contributed by atoms with E-state index in [-0.39, 0.29) is 17.2 Å².